The number of methoxy groups -OCH3 is 2. The van der Waals surface area contributed by atoms with E-state index in [1.807, 2.05) is 17.5 Å². The van der Waals surface area contributed by atoms with Crippen LogP contribution >= 0.6 is 27.3 Å². The molecular weight excluding hydrogens is 354 g/mol. The minimum absolute atomic E-state index is 0.0178. The highest BCUT2D eigenvalue weighted by Crippen LogP contribution is 2.44. The fraction of sp³-hybridized carbons (Fsp3) is 0.267. The van der Waals surface area contributed by atoms with Gasteiger partial charge in [0.05, 0.1) is 14.2 Å². The van der Waals surface area contributed by atoms with E-state index in [0.717, 1.165) is 20.6 Å². The second-order valence-corrected chi connectivity index (χ2v) is 6.63. The quantitative estimate of drug-likeness (QED) is 0.891. The van der Waals surface area contributed by atoms with Crippen molar-refractivity contribution < 1.29 is 14.3 Å². The lowest BCUT2D eigenvalue weighted by molar-refractivity contribution is -0.116. The van der Waals surface area contributed by atoms with Crippen LogP contribution in [0, 0.1) is 0 Å². The molecule has 0 radical (unpaired) electrons. The van der Waals surface area contributed by atoms with Gasteiger partial charge in [0.25, 0.3) is 0 Å². The summed E-state index contributed by atoms with van der Waals surface area (Å²) >= 11 is 5.12. The van der Waals surface area contributed by atoms with Gasteiger partial charge in [-0.2, -0.15) is 0 Å². The normalized spacial score (nSPS) is 17.1. The number of ether oxygens (including phenoxy) is 2. The molecule has 0 unspecified atom stereocenters. The zero-order valence-electron chi connectivity index (χ0n) is 11.6. The molecule has 4 nitrogen and oxygen atoms in total. The van der Waals surface area contributed by atoms with E-state index in [9.17, 15) is 4.79 Å². The molecular formula is C15H14BrNO3S. The van der Waals surface area contributed by atoms with Crippen molar-refractivity contribution in [2.45, 2.75) is 12.3 Å². The summed E-state index contributed by atoms with van der Waals surface area (Å²) < 4.78 is 11.7. The number of rotatable bonds is 3. The predicted molar refractivity (Wildman–Crippen MR) is 86.7 cm³/mol. The maximum atomic E-state index is 12.0. The smallest absolute Gasteiger partial charge is 0.225 e. The summed E-state index contributed by atoms with van der Waals surface area (Å²) in [5.41, 5.74) is 1.85. The first kappa shape index (κ1) is 14.4. The number of hydrogen-bond acceptors (Lipinski definition) is 4. The molecule has 1 N–H and O–H groups in total. The Kier molecular flexibility index (Phi) is 3.91. The predicted octanol–water partition coefficient (Wildman–Crippen LogP) is 4.00. The molecule has 0 aliphatic carbocycles. The second-order valence-electron chi connectivity index (χ2n) is 4.77. The minimum atomic E-state index is 0.0178. The highest BCUT2D eigenvalue weighted by atomic mass is 79.9. The molecule has 0 spiro atoms. The summed E-state index contributed by atoms with van der Waals surface area (Å²) in [6.07, 6.45) is 0.440. The molecule has 1 amide bonds. The molecule has 1 aromatic carbocycles. The first-order chi connectivity index (χ1) is 10.1. The molecule has 1 aliphatic rings. The van der Waals surface area contributed by atoms with Crippen molar-refractivity contribution in [1.29, 1.82) is 0 Å². The lowest BCUT2D eigenvalue weighted by Gasteiger charge is -2.26. The Morgan fingerprint density at radius 1 is 1.24 bits per heavy atom. The number of fused-ring (bicyclic) bond motifs is 1. The van der Waals surface area contributed by atoms with Gasteiger partial charge in [-0.25, -0.2) is 0 Å². The first-order valence-corrected chi connectivity index (χ1v) is 8.09. The van der Waals surface area contributed by atoms with Gasteiger partial charge in [0.1, 0.15) is 0 Å². The van der Waals surface area contributed by atoms with Crippen molar-refractivity contribution in [2.75, 3.05) is 19.5 Å². The highest BCUT2D eigenvalue weighted by molar-refractivity contribution is 9.10. The van der Waals surface area contributed by atoms with E-state index < -0.39 is 0 Å². The lowest BCUT2D eigenvalue weighted by Crippen LogP contribution is -2.23. The molecule has 1 atom stereocenters. The van der Waals surface area contributed by atoms with Crippen LogP contribution in [-0.4, -0.2) is 20.1 Å². The molecule has 6 heteroatoms. The Bertz CT molecular complexity index is 698. The van der Waals surface area contributed by atoms with Gasteiger partial charge in [-0.05, 0) is 33.6 Å². The molecule has 110 valence electrons. The molecule has 2 aromatic rings. The third-order valence-electron chi connectivity index (χ3n) is 3.53. The van der Waals surface area contributed by atoms with Gasteiger partial charge in [-0.15, -0.1) is 11.3 Å². The molecule has 0 saturated heterocycles. The van der Waals surface area contributed by atoms with Crippen molar-refractivity contribution >= 4 is 38.9 Å². The van der Waals surface area contributed by atoms with Crippen LogP contribution in [0.5, 0.6) is 11.5 Å². The third-order valence-corrected chi connectivity index (χ3v) is 5.33. The van der Waals surface area contributed by atoms with Gasteiger partial charge >= 0.3 is 0 Å². The Morgan fingerprint density at radius 2 is 1.95 bits per heavy atom. The number of amides is 1. The van der Waals surface area contributed by atoms with Gasteiger partial charge in [-0.1, -0.05) is 0 Å². The van der Waals surface area contributed by atoms with Crippen molar-refractivity contribution in [1.82, 2.24) is 0 Å². The molecule has 3 rings (SSSR count). The van der Waals surface area contributed by atoms with Gasteiger partial charge in [0.2, 0.25) is 5.91 Å². The zero-order valence-corrected chi connectivity index (χ0v) is 14.0. The Hall–Kier alpha value is -1.53. The maximum Gasteiger partial charge on any atom is 0.225 e. The van der Waals surface area contributed by atoms with Crippen LogP contribution < -0.4 is 14.8 Å². The molecule has 0 saturated carbocycles. The monoisotopic (exact) mass is 367 g/mol. The van der Waals surface area contributed by atoms with Crippen LogP contribution in [0.25, 0.3) is 0 Å². The van der Waals surface area contributed by atoms with Crippen molar-refractivity contribution in [3.63, 3.8) is 0 Å². The number of benzene rings is 1. The van der Waals surface area contributed by atoms with Gasteiger partial charge < -0.3 is 14.8 Å². The van der Waals surface area contributed by atoms with Crippen LogP contribution in [-0.2, 0) is 4.79 Å². The number of halogens is 1. The number of nitrogens with one attached hydrogen (secondary N) is 1. The number of carbonyl (C=O) groups is 1. The summed E-state index contributed by atoms with van der Waals surface area (Å²) in [5, 5.41) is 4.94. The molecule has 2 heterocycles. The summed E-state index contributed by atoms with van der Waals surface area (Å²) in [6.45, 7) is 0. The lowest BCUT2D eigenvalue weighted by atomic mass is 9.89. The number of anilines is 1. The Labute approximate surface area is 135 Å². The van der Waals surface area contributed by atoms with E-state index in [1.165, 1.54) is 0 Å². The SMILES string of the molecule is COc1cc2c(cc1OC)[C@@H](c1cc(Br)cs1)CC(=O)N2. The summed E-state index contributed by atoms with van der Waals surface area (Å²) in [4.78, 5) is 13.1. The number of hydrogen-bond donors (Lipinski definition) is 1. The van der Waals surface area contributed by atoms with E-state index in [2.05, 4.69) is 27.3 Å². The first-order valence-electron chi connectivity index (χ1n) is 6.42. The van der Waals surface area contributed by atoms with Crippen molar-refractivity contribution in [3.8, 4) is 11.5 Å². The molecule has 0 fully saturated rings. The Morgan fingerprint density at radius 3 is 2.57 bits per heavy atom. The maximum absolute atomic E-state index is 12.0. The van der Waals surface area contributed by atoms with E-state index in [0.29, 0.717) is 17.9 Å². The van der Waals surface area contributed by atoms with Crippen LogP contribution in [0.15, 0.2) is 28.1 Å². The minimum Gasteiger partial charge on any atom is -0.493 e. The fourth-order valence-electron chi connectivity index (χ4n) is 2.55. The van der Waals surface area contributed by atoms with E-state index in [-0.39, 0.29) is 11.8 Å². The molecule has 1 aromatic heterocycles. The highest BCUT2D eigenvalue weighted by Gasteiger charge is 2.29. The standard InChI is InChI=1S/C15H14BrNO3S/c1-19-12-4-9-10(14-3-8(16)7-21-14)5-15(18)17-11(9)6-13(12)20-2/h3-4,6-7,10H,5H2,1-2H3,(H,17,18)/t10-/m0/s1. The fourth-order valence-corrected chi connectivity index (χ4v) is 4.12. The largest absolute Gasteiger partial charge is 0.493 e. The Balaban J connectivity index is 2.12. The molecule has 21 heavy (non-hydrogen) atoms. The van der Waals surface area contributed by atoms with E-state index >= 15 is 0 Å². The van der Waals surface area contributed by atoms with E-state index in [1.54, 1.807) is 25.6 Å². The number of carbonyl (C=O) groups excluding carboxylic acids is 1. The second kappa shape index (κ2) is 5.69. The van der Waals surface area contributed by atoms with Crippen LogP contribution in [0.3, 0.4) is 0 Å². The van der Waals surface area contributed by atoms with Gasteiger partial charge in [0, 0.05) is 38.8 Å². The average Bonchev–Trinajstić information content (AvgIpc) is 2.91. The van der Waals surface area contributed by atoms with Gasteiger partial charge in [0.15, 0.2) is 11.5 Å². The summed E-state index contributed by atoms with van der Waals surface area (Å²) in [5.74, 6) is 1.35. The van der Waals surface area contributed by atoms with E-state index in [4.69, 9.17) is 9.47 Å². The summed E-state index contributed by atoms with van der Waals surface area (Å²) in [7, 11) is 3.20. The number of thiophene rings is 1. The van der Waals surface area contributed by atoms with Crippen molar-refractivity contribution in [2.24, 2.45) is 0 Å². The summed E-state index contributed by atoms with van der Waals surface area (Å²) in [6, 6.07) is 5.83. The molecule has 0 bridgehead atoms. The zero-order chi connectivity index (χ0) is 15.0. The average molecular weight is 368 g/mol. The van der Waals surface area contributed by atoms with Crippen LogP contribution in [0.4, 0.5) is 5.69 Å². The van der Waals surface area contributed by atoms with Crippen LogP contribution in [0.1, 0.15) is 22.8 Å². The van der Waals surface area contributed by atoms with Gasteiger partial charge in [-0.3, -0.25) is 4.79 Å². The van der Waals surface area contributed by atoms with Crippen LogP contribution in [0.2, 0.25) is 0 Å². The third kappa shape index (κ3) is 2.65. The topological polar surface area (TPSA) is 47.6 Å². The van der Waals surface area contributed by atoms with Crippen molar-refractivity contribution in [3.05, 3.63) is 38.5 Å². The molecule has 1 aliphatic heterocycles.